The van der Waals surface area contributed by atoms with Gasteiger partial charge in [0.25, 0.3) is 0 Å². The van der Waals surface area contributed by atoms with Crippen molar-refractivity contribution in [3.8, 4) is 0 Å². The molecule has 1 unspecified atom stereocenters. The topological polar surface area (TPSA) is 132 Å². The number of nitrogens with two attached hydrogens (primary N) is 1. The smallest absolute Gasteiger partial charge is 0.224 e. The van der Waals surface area contributed by atoms with Gasteiger partial charge in [-0.25, -0.2) is 9.97 Å². The maximum atomic E-state index is 11.6. The number of alkyl halides is 1. The van der Waals surface area contributed by atoms with E-state index in [1.807, 2.05) is 44.2 Å². The van der Waals surface area contributed by atoms with Crippen molar-refractivity contribution in [1.82, 2.24) is 14.9 Å². The van der Waals surface area contributed by atoms with Crippen molar-refractivity contribution >= 4 is 63.3 Å². The summed E-state index contributed by atoms with van der Waals surface area (Å²) in [7, 11) is 0. The van der Waals surface area contributed by atoms with Crippen LogP contribution >= 0.6 is 34.4 Å². The van der Waals surface area contributed by atoms with Crippen LogP contribution in [0.15, 0.2) is 45.5 Å². The number of aliphatic hydroxyl groups excluding tert-OH is 1. The highest BCUT2D eigenvalue weighted by Crippen LogP contribution is 2.30. The number of halogens is 1. The van der Waals surface area contributed by atoms with Crippen LogP contribution in [0.2, 0.25) is 0 Å². The van der Waals surface area contributed by atoms with Gasteiger partial charge in [-0.15, -0.1) is 0 Å². The van der Waals surface area contributed by atoms with E-state index in [0.29, 0.717) is 24.5 Å². The molecule has 0 radical (unpaired) electrons. The zero-order valence-corrected chi connectivity index (χ0v) is 23.1. The summed E-state index contributed by atoms with van der Waals surface area (Å²) in [5.41, 5.74) is 1.62. The van der Waals surface area contributed by atoms with E-state index in [2.05, 4.69) is 48.1 Å². The van der Waals surface area contributed by atoms with Gasteiger partial charge in [0.1, 0.15) is 11.6 Å². The number of nitrogens with zero attached hydrogens (tertiary/aromatic N) is 5. The second-order valence-corrected chi connectivity index (χ2v) is 10.7. The number of amides is 1. The van der Waals surface area contributed by atoms with E-state index in [-0.39, 0.29) is 16.6 Å². The Labute approximate surface area is 224 Å². The maximum absolute atomic E-state index is 11.6. The van der Waals surface area contributed by atoms with Gasteiger partial charge in [-0.1, -0.05) is 29.5 Å². The Kier molecular flexibility index (Phi) is 10.8. The summed E-state index contributed by atoms with van der Waals surface area (Å²) >= 11 is 3.80. The van der Waals surface area contributed by atoms with E-state index in [1.165, 1.54) is 11.8 Å². The van der Waals surface area contributed by atoms with Gasteiger partial charge in [0.15, 0.2) is 5.16 Å². The third-order valence-corrected chi connectivity index (χ3v) is 7.10. The molecule has 1 atom stereocenters. The van der Waals surface area contributed by atoms with Gasteiger partial charge in [-0.3, -0.25) is 9.69 Å². The molecule has 1 aromatic carbocycles. The largest absolute Gasteiger partial charge is 0.395 e. The molecule has 2 aromatic rings. The first-order valence-corrected chi connectivity index (χ1v) is 13.6. The molecule has 0 aliphatic carbocycles. The molecule has 0 bridgehead atoms. The summed E-state index contributed by atoms with van der Waals surface area (Å²) < 4.78 is 0.0726. The molecule has 1 aliphatic heterocycles. The number of hydrogen-bond acceptors (Lipinski definition) is 10. The molecule has 0 saturated carbocycles. The predicted octanol–water partition coefficient (Wildman–Crippen LogP) is 2.99. The molecule has 35 heavy (non-hydrogen) atoms. The molecule has 1 aromatic heterocycles. The van der Waals surface area contributed by atoms with Crippen LogP contribution in [0.3, 0.4) is 0 Å². The molecule has 10 nitrogen and oxygen atoms in total. The molecule has 0 spiro atoms. The molecule has 1 fully saturated rings. The number of β-amino-alcohol motifs (C(OH)–C–C–N with tert-alkyl or cyclic N) is 1. The van der Waals surface area contributed by atoms with Gasteiger partial charge in [0.2, 0.25) is 5.91 Å². The second-order valence-electron chi connectivity index (χ2n) is 8.15. The summed E-state index contributed by atoms with van der Waals surface area (Å²) in [6.07, 6.45) is 1.14. The number of benzene rings is 1. The van der Waals surface area contributed by atoms with E-state index in [4.69, 9.17) is 15.8 Å². The Morgan fingerprint density at radius 1 is 1.26 bits per heavy atom. The number of hydrogen-bond donors (Lipinski definition) is 4. The van der Waals surface area contributed by atoms with E-state index >= 15 is 0 Å². The number of anilines is 3. The fraction of sp³-hybridized carbons (Fsp3) is 0.478. The molecule has 190 valence electrons. The normalized spacial score (nSPS) is 15.7. The van der Waals surface area contributed by atoms with E-state index in [9.17, 15) is 9.90 Å². The third-order valence-electron chi connectivity index (χ3n) is 5.47. The summed E-state index contributed by atoms with van der Waals surface area (Å²) in [5, 5.41) is 19.9. The number of nitrogens with one attached hydrogen (secondary N) is 2. The first kappa shape index (κ1) is 27.4. The molecule has 2 heterocycles. The maximum Gasteiger partial charge on any atom is 0.224 e. The van der Waals surface area contributed by atoms with Crippen molar-refractivity contribution in [2.45, 2.75) is 40.8 Å². The Bertz CT molecular complexity index is 1000. The summed E-state index contributed by atoms with van der Waals surface area (Å²) in [6.45, 7) is 8.01. The lowest BCUT2D eigenvalue weighted by Crippen LogP contribution is -2.47. The molecule has 5 N–H and O–H groups in total. The third kappa shape index (κ3) is 8.78. The average molecular weight is 613 g/mol. The van der Waals surface area contributed by atoms with Crippen LogP contribution in [-0.2, 0) is 4.79 Å². The van der Waals surface area contributed by atoms with Crippen molar-refractivity contribution in [2.24, 2.45) is 10.9 Å². The zero-order valence-electron chi connectivity index (χ0n) is 20.1. The number of aromatic nitrogens is 2. The molecular formula is C23H33IN8O2S. The first-order chi connectivity index (χ1) is 16.9. The lowest BCUT2D eigenvalue weighted by Gasteiger charge is -2.35. The Hall–Kier alpha value is -2.16. The average Bonchev–Trinajstić information content (AvgIpc) is 2.85. The highest BCUT2D eigenvalue weighted by molar-refractivity contribution is 14.1. The number of piperazine rings is 1. The van der Waals surface area contributed by atoms with Crippen molar-refractivity contribution in [3.63, 3.8) is 0 Å². The monoisotopic (exact) mass is 612 g/mol. The van der Waals surface area contributed by atoms with E-state index in [0.717, 1.165) is 54.1 Å². The van der Waals surface area contributed by atoms with Crippen molar-refractivity contribution < 1.29 is 9.90 Å². The van der Waals surface area contributed by atoms with Crippen molar-refractivity contribution in [2.75, 3.05) is 54.9 Å². The molecule has 12 heteroatoms. The zero-order chi connectivity index (χ0) is 25.2. The second kappa shape index (κ2) is 13.8. The molecule has 1 saturated heterocycles. The van der Waals surface area contributed by atoms with Crippen LogP contribution in [0.5, 0.6) is 0 Å². The van der Waals surface area contributed by atoms with Crippen LogP contribution in [0.25, 0.3) is 0 Å². The molecular weight excluding hydrogens is 579 g/mol. The molecule has 1 amide bonds. The summed E-state index contributed by atoms with van der Waals surface area (Å²) in [6, 6.07) is 9.66. The Morgan fingerprint density at radius 3 is 2.60 bits per heavy atom. The standard InChI is InChI=1S/C23H33IN8O2S/c1-3-22(34)26-17-4-6-18(7-5-17)35-23-28-20(27-19(24)14-16(2)30-25)15-21(29-23)32-10-8-31(9-11-32)12-13-33/h4-7,15,19,33H,3,8-14,25H2,1-2H3,(H,26,34)(H,27,28,29)/b30-16-. The van der Waals surface area contributed by atoms with Crippen LogP contribution in [-0.4, -0.2) is 75.0 Å². The lowest BCUT2D eigenvalue weighted by atomic mass is 10.3. The lowest BCUT2D eigenvalue weighted by molar-refractivity contribution is -0.115. The highest BCUT2D eigenvalue weighted by atomic mass is 127. The van der Waals surface area contributed by atoms with Crippen molar-refractivity contribution in [1.29, 1.82) is 0 Å². The van der Waals surface area contributed by atoms with E-state index in [1.54, 1.807) is 0 Å². The number of carbonyl (C=O) groups excluding carboxylic acids is 1. The number of hydrazone groups is 1. The van der Waals surface area contributed by atoms with Gasteiger partial charge >= 0.3 is 0 Å². The van der Waals surface area contributed by atoms with Gasteiger partial charge < -0.3 is 26.5 Å². The fourth-order valence-electron chi connectivity index (χ4n) is 3.52. The summed E-state index contributed by atoms with van der Waals surface area (Å²) in [5.74, 6) is 7.00. The quantitative estimate of drug-likeness (QED) is 0.0575. The van der Waals surface area contributed by atoms with Crippen molar-refractivity contribution in [3.05, 3.63) is 30.3 Å². The molecule has 1 aliphatic rings. The minimum absolute atomic E-state index is 0.0143. The minimum Gasteiger partial charge on any atom is -0.395 e. The van der Waals surface area contributed by atoms with Crippen LogP contribution in [0.4, 0.5) is 17.3 Å². The van der Waals surface area contributed by atoms with Crippen LogP contribution < -0.4 is 21.4 Å². The van der Waals surface area contributed by atoms with Gasteiger partial charge in [-0.05, 0) is 43.0 Å². The van der Waals surface area contributed by atoms with Crippen LogP contribution in [0.1, 0.15) is 26.7 Å². The fourth-order valence-corrected chi connectivity index (χ4v) is 5.24. The number of aliphatic hydroxyl groups is 1. The minimum atomic E-state index is -0.0143. The Morgan fingerprint density at radius 2 is 1.97 bits per heavy atom. The Balaban J connectivity index is 1.78. The number of carbonyl (C=O) groups is 1. The van der Waals surface area contributed by atoms with Gasteiger partial charge in [0.05, 0.1) is 10.7 Å². The SMILES string of the molecule is CCC(=O)Nc1ccc(Sc2nc(NC(I)C/C(C)=N\N)cc(N3CCN(CCO)CC3)n2)cc1. The van der Waals surface area contributed by atoms with Gasteiger partial charge in [0, 0.05) is 67.9 Å². The van der Waals surface area contributed by atoms with Gasteiger partial charge in [-0.2, -0.15) is 5.10 Å². The van der Waals surface area contributed by atoms with Crippen LogP contribution in [0, 0.1) is 0 Å². The van der Waals surface area contributed by atoms with E-state index < -0.39 is 0 Å². The number of rotatable bonds is 11. The highest BCUT2D eigenvalue weighted by Gasteiger charge is 2.20. The summed E-state index contributed by atoms with van der Waals surface area (Å²) in [4.78, 5) is 26.7. The predicted molar refractivity (Wildman–Crippen MR) is 151 cm³/mol. The molecule has 3 rings (SSSR count). The first-order valence-electron chi connectivity index (χ1n) is 11.6.